The fourth-order valence-electron chi connectivity index (χ4n) is 3.87. The van der Waals surface area contributed by atoms with Crippen molar-refractivity contribution in [2.24, 2.45) is 0 Å². The molecule has 2 aromatic rings. The van der Waals surface area contributed by atoms with Crippen LogP contribution >= 0.6 is 0 Å². The summed E-state index contributed by atoms with van der Waals surface area (Å²) in [6.07, 6.45) is 0.894. The molecule has 1 aliphatic rings. The number of ether oxygens (including phenoxy) is 1. The van der Waals surface area contributed by atoms with Gasteiger partial charge in [-0.3, -0.25) is 4.90 Å². The van der Waals surface area contributed by atoms with E-state index in [0.717, 1.165) is 29.7 Å². The van der Waals surface area contributed by atoms with Crippen LogP contribution in [0.3, 0.4) is 0 Å². The monoisotopic (exact) mass is 385 g/mol. The van der Waals surface area contributed by atoms with Gasteiger partial charge in [0.15, 0.2) is 0 Å². The van der Waals surface area contributed by atoms with Crippen LogP contribution in [0.1, 0.15) is 30.9 Å². The van der Waals surface area contributed by atoms with Crippen LogP contribution in [0.2, 0.25) is 0 Å². The van der Waals surface area contributed by atoms with E-state index >= 15 is 0 Å². The van der Waals surface area contributed by atoms with Crippen LogP contribution in [0.25, 0.3) is 0 Å². The zero-order chi connectivity index (χ0) is 19.9. The molecule has 0 aromatic heterocycles. The largest absolute Gasteiger partial charge is 0.494 e. The standard InChI is InChI=1S/C23H31NO4/c1-2-3-13-28-19-11-9-18(10-12-19)15-24-20(14-17-7-5-4-6-8-17)22(26)23(27)21(24)16-25/h4-12,20-23,25-27H,2-3,13-16H2,1H3/t20-,21+,22-,23+/m0/s1. The van der Waals surface area contributed by atoms with Gasteiger partial charge < -0.3 is 20.1 Å². The molecular formula is C23H31NO4. The molecule has 0 amide bonds. The van der Waals surface area contributed by atoms with Gasteiger partial charge in [0.25, 0.3) is 0 Å². The topological polar surface area (TPSA) is 73.2 Å². The number of unbranched alkanes of at least 4 members (excludes halogenated alkanes) is 1. The third-order valence-corrected chi connectivity index (χ3v) is 5.52. The lowest BCUT2D eigenvalue weighted by atomic mass is 10.0. The summed E-state index contributed by atoms with van der Waals surface area (Å²) in [4.78, 5) is 2.02. The van der Waals surface area contributed by atoms with Crippen LogP contribution in [0.5, 0.6) is 5.75 Å². The van der Waals surface area contributed by atoms with Crippen molar-refractivity contribution in [2.45, 2.75) is 57.0 Å². The van der Waals surface area contributed by atoms with Gasteiger partial charge in [-0.25, -0.2) is 0 Å². The first-order valence-corrected chi connectivity index (χ1v) is 10.1. The summed E-state index contributed by atoms with van der Waals surface area (Å²) in [5.41, 5.74) is 2.16. The molecule has 1 aliphatic heterocycles. The first kappa shape index (κ1) is 20.8. The Morgan fingerprint density at radius 3 is 2.21 bits per heavy atom. The normalized spacial score (nSPS) is 25.1. The highest BCUT2D eigenvalue weighted by atomic mass is 16.5. The van der Waals surface area contributed by atoms with Crippen molar-refractivity contribution < 1.29 is 20.1 Å². The smallest absolute Gasteiger partial charge is 0.119 e. The first-order valence-electron chi connectivity index (χ1n) is 10.1. The quantitative estimate of drug-likeness (QED) is 0.578. The van der Waals surface area contributed by atoms with Crippen LogP contribution in [-0.4, -0.2) is 57.7 Å². The van der Waals surface area contributed by atoms with Gasteiger partial charge in [-0.15, -0.1) is 0 Å². The van der Waals surface area contributed by atoms with Gasteiger partial charge in [0.2, 0.25) is 0 Å². The first-order chi connectivity index (χ1) is 13.6. The minimum absolute atomic E-state index is 0.193. The highest BCUT2D eigenvalue weighted by Gasteiger charge is 2.46. The van der Waals surface area contributed by atoms with Crippen molar-refractivity contribution in [1.29, 1.82) is 0 Å². The number of hydrogen-bond donors (Lipinski definition) is 3. The fraction of sp³-hybridized carbons (Fsp3) is 0.478. The van der Waals surface area contributed by atoms with Crippen molar-refractivity contribution in [3.63, 3.8) is 0 Å². The molecule has 5 heteroatoms. The van der Waals surface area contributed by atoms with E-state index in [-0.39, 0.29) is 12.6 Å². The number of hydrogen-bond acceptors (Lipinski definition) is 5. The summed E-state index contributed by atoms with van der Waals surface area (Å²) in [5.74, 6) is 0.846. The minimum Gasteiger partial charge on any atom is -0.494 e. The second-order valence-corrected chi connectivity index (χ2v) is 7.51. The van der Waals surface area contributed by atoms with Gasteiger partial charge in [-0.2, -0.15) is 0 Å². The zero-order valence-electron chi connectivity index (χ0n) is 16.4. The summed E-state index contributed by atoms with van der Waals surface area (Å²) < 4.78 is 5.71. The highest BCUT2D eigenvalue weighted by Crippen LogP contribution is 2.30. The summed E-state index contributed by atoms with van der Waals surface area (Å²) >= 11 is 0. The summed E-state index contributed by atoms with van der Waals surface area (Å²) in [5, 5.41) is 30.9. The van der Waals surface area contributed by atoms with Crippen molar-refractivity contribution in [3.05, 3.63) is 65.7 Å². The van der Waals surface area contributed by atoms with Crippen LogP contribution in [0.15, 0.2) is 54.6 Å². The molecule has 0 aliphatic carbocycles. The molecule has 28 heavy (non-hydrogen) atoms. The van der Waals surface area contributed by atoms with Gasteiger partial charge in [0.05, 0.1) is 31.5 Å². The molecule has 0 spiro atoms. The third kappa shape index (κ3) is 4.92. The molecular weight excluding hydrogens is 354 g/mol. The lowest BCUT2D eigenvalue weighted by molar-refractivity contribution is 0.0178. The van der Waals surface area contributed by atoms with Gasteiger partial charge >= 0.3 is 0 Å². The lowest BCUT2D eigenvalue weighted by Crippen LogP contribution is -2.41. The van der Waals surface area contributed by atoms with Crippen molar-refractivity contribution in [1.82, 2.24) is 4.90 Å². The maximum Gasteiger partial charge on any atom is 0.119 e. The Morgan fingerprint density at radius 1 is 0.893 bits per heavy atom. The van der Waals surface area contributed by atoms with E-state index < -0.39 is 18.2 Å². The Morgan fingerprint density at radius 2 is 1.57 bits per heavy atom. The number of nitrogens with zero attached hydrogens (tertiary/aromatic N) is 1. The molecule has 4 atom stereocenters. The van der Waals surface area contributed by atoms with Crippen LogP contribution in [0.4, 0.5) is 0 Å². The number of rotatable bonds is 9. The number of aliphatic hydroxyl groups is 3. The summed E-state index contributed by atoms with van der Waals surface area (Å²) in [6, 6.07) is 17.1. The summed E-state index contributed by atoms with van der Waals surface area (Å²) in [6.45, 7) is 3.20. The lowest BCUT2D eigenvalue weighted by Gasteiger charge is -2.30. The Bertz CT molecular complexity index is 706. The Hall–Kier alpha value is -1.92. The van der Waals surface area contributed by atoms with E-state index in [0.29, 0.717) is 19.6 Å². The van der Waals surface area contributed by atoms with Gasteiger partial charge in [0.1, 0.15) is 5.75 Å². The average molecular weight is 386 g/mol. The van der Waals surface area contributed by atoms with E-state index in [1.807, 2.05) is 59.5 Å². The molecule has 5 nitrogen and oxygen atoms in total. The number of benzene rings is 2. The van der Waals surface area contributed by atoms with Gasteiger partial charge in [-0.1, -0.05) is 55.8 Å². The highest BCUT2D eigenvalue weighted by molar-refractivity contribution is 5.28. The molecule has 1 heterocycles. The van der Waals surface area contributed by atoms with Gasteiger partial charge in [0, 0.05) is 12.6 Å². The Labute approximate surface area is 167 Å². The van der Waals surface area contributed by atoms with Crippen LogP contribution in [-0.2, 0) is 13.0 Å². The molecule has 0 saturated carbocycles. The van der Waals surface area contributed by atoms with E-state index in [9.17, 15) is 15.3 Å². The second kappa shape index (κ2) is 10.0. The predicted octanol–water partition coefficient (Wildman–Crippen LogP) is 2.38. The molecule has 1 fully saturated rings. The minimum atomic E-state index is -0.963. The van der Waals surface area contributed by atoms with E-state index in [4.69, 9.17) is 4.74 Å². The number of likely N-dealkylation sites (tertiary alicyclic amines) is 1. The Balaban J connectivity index is 1.72. The zero-order valence-corrected chi connectivity index (χ0v) is 16.4. The van der Waals surface area contributed by atoms with Crippen LogP contribution < -0.4 is 4.74 Å². The molecule has 1 saturated heterocycles. The maximum absolute atomic E-state index is 10.6. The maximum atomic E-state index is 10.6. The van der Waals surface area contributed by atoms with E-state index in [2.05, 4.69) is 6.92 Å². The number of aliphatic hydroxyl groups excluding tert-OH is 3. The molecule has 2 aromatic carbocycles. The van der Waals surface area contributed by atoms with Gasteiger partial charge in [-0.05, 0) is 36.1 Å². The predicted molar refractivity (Wildman–Crippen MR) is 109 cm³/mol. The Kier molecular flexibility index (Phi) is 7.45. The van der Waals surface area contributed by atoms with E-state index in [1.54, 1.807) is 0 Å². The van der Waals surface area contributed by atoms with Crippen molar-refractivity contribution in [2.75, 3.05) is 13.2 Å². The van der Waals surface area contributed by atoms with Crippen molar-refractivity contribution >= 4 is 0 Å². The molecule has 3 N–H and O–H groups in total. The average Bonchev–Trinajstić information content (AvgIpc) is 2.94. The molecule has 0 bridgehead atoms. The SMILES string of the molecule is CCCCOc1ccc(CN2[C@H](CO)[C@@H](O)[C@@H](O)[C@@H]2Cc2ccccc2)cc1. The summed E-state index contributed by atoms with van der Waals surface area (Å²) in [7, 11) is 0. The van der Waals surface area contributed by atoms with Crippen LogP contribution in [0, 0.1) is 0 Å². The molecule has 152 valence electrons. The molecule has 0 radical (unpaired) electrons. The molecule has 0 unspecified atom stereocenters. The second-order valence-electron chi connectivity index (χ2n) is 7.51. The molecule has 3 rings (SSSR count). The van der Waals surface area contributed by atoms with E-state index in [1.165, 1.54) is 0 Å². The van der Waals surface area contributed by atoms with Crippen molar-refractivity contribution in [3.8, 4) is 5.75 Å². The third-order valence-electron chi connectivity index (χ3n) is 5.52. The fourth-order valence-corrected chi connectivity index (χ4v) is 3.87.